The first-order chi connectivity index (χ1) is 38.6. The normalized spacial score (nSPS) is 18.9. The van der Waals surface area contributed by atoms with Crippen molar-refractivity contribution in [3.8, 4) is 27.4 Å². The van der Waals surface area contributed by atoms with Crippen molar-refractivity contribution in [2.45, 2.75) is 70.3 Å². The fourth-order valence-electron chi connectivity index (χ4n) is 10.8. The maximum absolute atomic E-state index is 16.1. The molecule has 0 saturated carbocycles. The maximum Gasteiger partial charge on any atom is 0.254 e. The molecule has 2 amide bonds. The van der Waals surface area contributed by atoms with E-state index in [9.17, 15) is 37.4 Å². The number of nitrogens with one attached hydrogen (secondary N) is 2. The van der Waals surface area contributed by atoms with E-state index in [1.165, 1.54) is 22.4 Å². The molecule has 0 radical (unpaired) electrons. The lowest BCUT2D eigenvalue weighted by atomic mass is 9.91. The highest BCUT2D eigenvalue weighted by Crippen LogP contribution is 2.36. The minimum absolute atomic E-state index is 0.00964. The first-order valence-electron chi connectivity index (χ1n) is 26.5. The Kier molecular flexibility index (Phi) is 17.0. The number of benzene rings is 3. The third kappa shape index (κ3) is 11.8. The van der Waals surface area contributed by atoms with Crippen LogP contribution in [0.4, 0.5) is 24.5 Å². The summed E-state index contributed by atoms with van der Waals surface area (Å²) in [4.78, 5) is 60.6. The number of ketones is 1. The van der Waals surface area contributed by atoms with Crippen LogP contribution in [0.1, 0.15) is 78.0 Å². The lowest BCUT2D eigenvalue weighted by Gasteiger charge is -2.36. The fraction of sp³-hybridized carbons (Fsp3) is 0.393. The number of β-amino-alcohol motifs (C(OH)–C–C–N with tert-alkyl or cyclic N) is 1. The van der Waals surface area contributed by atoms with Crippen molar-refractivity contribution < 1.29 is 55.4 Å². The number of halogens is 3. The maximum atomic E-state index is 16.1. The molecular weight excluding hydrogens is 1080 g/mol. The Morgan fingerprint density at radius 3 is 2.39 bits per heavy atom. The number of rotatable bonds is 20. The summed E-state index contributed by atoms with van der Waals surface area (Å²) in [5, 5.41) is 29.5. The number of H-pyrrole nitrogens is 1. The van der Waals surface area contributed by atoms with Crippen LogP contribution in [0.25, 0.3) is 32.6 Å². The highest BCUT2D eigenvalue weighted by Gasteiger charge is 2.44. The molecular formula is C56H61F3N10O9S2. The van der Waals surface area contributed by atoms with Gasteiger partial charge in [0.15, 0.2) is 11.6 Å². The number of aliphatic hydroxyl groups excluding tert-OH is 2. The number of ether oxygens (including phenoxy) is 1. The summed E-state index contributed by atoms with van der Waals surface area (Å²) in [6.45, 7) is 9.22. The second-order valence-electron chi connectivity index (χ2n) is 20.6. The minimum atomic E-state index is -3.50. The van der Waals surface area contributed by atoms with Gasteiger partial charge in [-0.1, -0.05) is 50.2 Å². The molecule has 3 saturated heterocycles. The van der Waals surface area contributed by atoms with Gasteiger partial charge in [0.1, 0.15) is 35.3 Å². The summed E-state index contributed by atoms with van der Waals surface area (Å²) in [5.41, 5.74) is 5.50. The molecule has 4 N–H and O–H groups in total. The van der Waals surface area contributed by atoms with E-state index < -0.39 is 75.7 Å². The number of hydrazine groups is 1. The average molecular weight is 1140 g/mol. The zero-order valence-corrected chi connectivity index (χ0v) is 45.8. The van der Waals surface area contributed by atoms with Crippen LogP contribution in [0.3, 0.4) is 0 Å². The largest absolute Gasteiger partial charge is 0.475 e. The average Bonchev–Trinajstić information content (AvgIpc) is 4.49. The van der Waals surface area contributed by atoms with Crippen molar-refractivity contribution in [1.82, 2.24) is 40.2 Å². The Morgan fingerprint density at radius 1 is 0.963 bits per heavy atom. The van der Waals surface area contributed by atoms with Crippen LogP contribution in [-0.4, -0.2) is 155 Å². The summed E-state index contributed by atoms with van der Waals surface area (Å²) < 4.78 is 82.1. The van der Waals surface area contributed by atoms with Gasteiger partial charge >= 0.3 is 0 Å². The summed E-state index contributed by atoms with van der Waals surface area (Å²) >= 11 is 1.53. The van der Waals surface area contributed by atoms with Gasteiger partial charge in [-0.2, -0.15) is 4.41 Å². The van der Waals surface area contributed by atoms with Crippen LogP contribution >= 0.6 is 11.3 Å². The zero-order valence-electron chi connectivity index (χ0n) is 44.1. The number of thiol groups is 1. The number of nitrogens with zero attached hydrogens (tertiary/aromatic N) is 8. The Morgan fingerprint density at radius 2 is 1.71 bits per heavy atom. The molecule has 3 aliphatic rings. The van der Waals surface area contributed by atoms with Crippen molar-refractivity contribution in [2.75, 3.05) is 74.9 Å². The van der Waals surface area contributed by atoms with Crippen molar-refractivity contribution in [1.29, 1.82) is 0 Å². The number of likely N-dealkylation sites (tertiary alicyclic amines) is 1. The molecule has 3 fully saturated rings. The first kappa shape index (κ1) is 56.1. The number of aliphatic hydroxyl groups is 2. The van der Waals surface area contributed by atoms with E-state index in [-0.39, 0.29) is 68.1 Å². The second-order valence-corrected chi connectivity index (χ2v) is 22.3. The molecule has 7 aromatic rings. The number of aromatic amines is 1. The van der Waals surface area contributed by atoms with E-state index in [0.717, 1.165) is 77.3 Å². The third-order valence-corrected chi connectivity index (χ3v) is 16.8. The third-order valence-electron chi connectivity index (χ3n) is 15.1. The van der Waals surface area contributed by atoms with Gasteiger partial charge in [0.05, 0.1) is 53.5 Å². The quantitative estimate of drug-likeness (QED) is 0.0308. The Balaban J connectivity index is 0.703. The van der Waals surface area contributed by atoms with Gasteiger partial charge in [-0.05, 0) is 77.9 Å². The number of pyridine rings is 1. The molecule has 7 heterocycles. The predicted molar refractivity (Wildman–Crippen MR) is 294 cm³/mol. The lowest BCUT2D eigenvalue weighted by Crippen LogP contribution is -2.49. The lowest BCUT2D eigenvalue weighted by molar-refractivity contribution is -0.141. The predicted octanol–water partition coefficient (Wildman–Crippen LogP) is 6.59. The number of alkyl halides is 1. The number of amides is 2. The number of thiazole rings is 1. The number of aryl methyl sites for hydroxylation is 1. The van der Waals surface area contributed by atoms with Crippen molar-refractivity contribution in [3.63, 3.8) is 0 Å². The molecule has 3 aromatic carbocycles. The van der Waals surface area contributed by atoms with Gasteiger partial charge in [-0.25, -0.2) is 36.6 Å². The highest BCUT2D eigenvalue weighted by molar-refractivity contribution is 7.73. The van der Waals surface area contributed by atoms with Gasteiger partial charge in [-0.3, -0.25) is 19.3 Å². The number of hydrogen-bond acceptors (Lipinski definition) is 16. The molecule has 0 bridgehead atoms. The van der Waals surface area contributed by atoms with Gasteiger partial charge in [0.25, 0.3) is 5.88 Å². The molecule has 3 aliphatic heterocycles. The summed E-state index contributed by atoms with van der Waals surface area (Å²) in [7, 11) is -3.50. The molecule has 0 spiro atoms. The molecule has 4 aromatic heterocycles. The fourth-order valence-corrected chi connectivity index (χ4v) is 12.3. The van der Waals surface area contributed by atoms with Gasteiger partial charge in [0, 0.05) is 92.9 Å². The van der Waals surface area contributed by atoms with Gasteiger partial charge < -0.3 is 39.6 Å². The number of hydrogen-bond donors (Lipinski definition) is 5. The highest BCUT2D eigenvalue weighted by atomic mass is 32.2. The summed E-state index contributed by atoms with van der Waals surface area (Å²) in [6, 6.07) is 18.7. The van der Waals surface area contributed by atoms with Crippen molar-refractivity contribution in [2.24, 2.45) is 5.92 Å². The smallest absolute Gasteiger partial charge is 0.254 e. The van der Waals surface area contributed by atoms with Crippen molar-refractivity contribution >= 4 is 62.2 Å². The molecule has 0 unspecified atom stereocenters. The van der Waals surface area contributed by atoms with Crippen LogP contribution in [0.5, 0.6) is 5.88 Å². The van der Waals surface area contributed by atoms with Gasteiger partial charge in [-0.15, -0.1) is 11.3 Å². The standard InChI is InChI=1S/C56H61F3N10O9S2/c1-32(2)49(56(74)68-29-40(71)24-46(68)55(73)63-44(30-70)35-5-7-36(8-6-35)53-33(3)62-31-79-53)47-25-48(64-78-47)77-22-4-16-65-18-20-66(21-19-65)39-11-9-34(10-12-39)37-23-41-42(27-61-54(41)60-26-37)52(72)50-43(58)13-14-45(51(50)59)69(80(75)76)67-17-15-38(57)28-67/h5-14,23,25-27,31-32,38,40,44,46,49,70-71,80H,4,15-22,24,28-30H2,1-3H3,(H,60,61)(H,63,73)/t38-,40-,44+,46+,49+/m1/s1. The number of fused-ring (bicyclic) bond motifs is 1. The zero-order chi connectivity index (χ0) is 56.4. The van der Waals surface area contributed by atoms with Crippen LogP contribution in [0.15, 0.2) is 95.2 Å². The van der Waals surface area contributed by atoms with Crippen LogP contribution in [-0.2, 0) is 20.5 Å². The van der Waals surface area contributed by atoms with Crippen LogP contribution < -0.4 is 19.4 Å². The van der Waals surface area contributed by atoms with Crippen LogP contribution in [0, 0.1) is 24.5 Å². The number of aromatic nitrogens is 4. The Labute approximate surface area is 465 Å². The monoisotopic (exact) mass is 1140 g/mol. The molecule has 24 heteroatoms. The topological polar surface area (TPSA) is 231 Å². The van der Waals surface area contributed by atoms with E-state index in [1.54, 1.807) is 23.8 Å². The molecule has 19 nitrogen and oxygen atoms in total. The number of carbonyl (C=O) groups is 3. The van der Waals surface area contributed by atoms with E-state index >= 15 is 8.78 Å². The molecule has 422 valence electrons. The summed E-state index contributed by atoms with van der Waals surface area (Å²) in [6.07, 6.45) is 1.45. The molecule has 10 rings (SSSR count). The molecule has 5 atom stereocenters. The SMILES string of the molecule is Cc1ncsc1-c1ccc([C@H](CO)NC(=O)[C@@H]2C[C@@H](O)CN2C(=O)[C@H](c2cc(OCCCN3CCN(c4ccc(-c5cnc6[nH]cc(C(=O)c7c(F)ccc(N(N8CC[C@@H](F)C8)[SH](=O)=O)c7F)c6c5)cc4)CC3)no2)C(C)C)cc1. The first-order valence-corrected chi connectivity index (χ1v) is 28.5. The van der Waals surface area contributed by atoms with Gasteiger partial charge in [0.2, 0.25) is 28.5 Å². The Bertz CT molecular complexity index is 3430. The van der Waals surface area contributed by atoms with E-state index in [0.29, 0.717) is 39.6 Å². The Hall–Kier alpha value is -7.22. The van der Waals surface area contributed by atoms with Crippen LogP contribution in [0.2, 0.25) is 0 Å². The minimum Gasteiger partial charge on any atom is -0.475 e. The number of piperazine rings is 1. The van der Waals surface area contributed by atoms with Crippen molar-refractivity contribution in [3.05, 3.63) is 130 Å². The molecule has 0 aliphatic carbocycles. The summed E-state index contributed by atoms with van der Waals surface area (Å²) in [5.74, 6) is -5.01. The molecule has 80 heavy (non-hydrogen) atoms. The number of anilines is 2. The van der Waals surface area contributed by atoms with E-state index in [2.05, 4.69) is 35.2 Å². The second kappa shape index (κ2) is 24.2. The number of carbonyl (C=O) groups excluding carboxylic acids is 3. The van der Waals surface area contributed by atoms with E-state index in [1.807, 2.05) is 69.3 Å². The van der Waals surface area contributed by atoms with E-state index in [4.69, 9.17) is 9.26 Å².